The average molecular weight is 239 g/mol. The van der Waals surface area contributed by atoms with Crippen molar-refractivity contribution in [3.05, 3.63) is 28.2 Å². The number of H-pyrrole nitrogens is 1. The van der Waals surface area contributed by atoms with E-state index in [4.69, 9.17) is 10.9 Å². The van der Waals surface area contributed by atoms with Crippen molar-refractivity contribution in [1.29, 1.82) is 0 Å². The summed E-state index contributed by atoms with van der Waals surface area (Å²) in [6.45, 7) is 1.77. The van der Waals surface area contributed by atoms with Crippen molar-refractivity contribution in [2.75, 3.05) is 0 Å². The summed E-state index contributed by atoms with van der Waals surface area (Å²) in [6, 6.07) is 1.89. The zero-order valence-corrected chi connectivity index (χ0v) is 9.17. The van der Waals surface area contributed by atoms with Gasteiger partial charge in [-0.25, -0.2) is 5.10 Å². The summed E-state index contributed by atoms with van der Waals surface area (Å²) in [7, 11) is 0. The van der Waals surface area contributed by atoms with Crippen LogP contribution in [0.5, 0.6) is 0 Å². The van der Waals surface area contributed by atoms with Gasteiger partial charge in [-0.3, -0.25) is 9.59 Å². The molecule has 0 fully saturated rings. The Morgan fingerprint density at radius 3 is 2.88 bits per heavy atom. The molecule has 0 radical (unpaired) electrons. The van der Waals surface area contributed by atoms with Gasteiger partial charge in [0.15, 0.2) is 5.84 Å². The minimum absolute atomic E-state index is 0.0498. The quantitative estimate of drug-likeness (QED) is 0.232. The van der Waals surface area contributed by atoms with Crippen LogP contribution in [0.3, 0.4) is 0 Å². The van der Waals surface area contributed by atoms with Crippen molar-refractivity contribution in [1.82, 2.24) is 15.5 Å². The van der Waals surface area contributed by atoms with Crippen LogP contribution in [0, 0.1) is 0 Å². The molecule has 1 amide bonds. The number of amides is 1. The number of carbonyl (C=O) groups is 1. The number of oxime groups is 1. The molecule has 0 aliphatic rings. The van der Waals surface area contributed by atoms with E-state index >= 15 is 0 Å². The van der Waals surface area contributed by atoms with Crippen molar-refractivity contribution in [3.63, 3.8) is 0 Å². The third kappa shape index (κ3) is 3.30. The maximum atomic E-state index is 11.7. The molecule has 8 nitrogen and oxygen atoms in total. The highest BCUT2D eigenvalue weighted by Crippen LogP contribution is 1.95. The molecule has 0 aliphatic heterocycles. The van der Waals surface area contributed by atoms with Gasteiger partial charge in [-0.15, -0.1) is 0 Å². The van der Waals surface area contributed by atoms with E-state index in [1.807, 2.05) is 0 Å². The number of nitrogens with two attached hydrogens (primary N) is 1. The first-order valence-corrected chi connectivity index (χ1v) is 4.92. The normalized spacial score (nSPS) is 13.1. The third-order valence-corrected chi connectivity index (χ3v) is 2.10. The molecule has 92 valence electrons. The van der Waals surface area contributed by atoms with Gasteiger partial charge in [0.1, 0.15) is 5.69 Å². The number of nitrogens with one attached hydrogen (secondary N) is 2. The van der Waals surface area contributed by atoms with E-state index in [0.29, 0.717) is 6.42 Å². The minimum atomic E-state index is -0.582. The van der Waals surface area contributed by atoms with Crippen molar-refractivity contribution in [2.24, 2.45) is 10.9 Å². The first-order chi connectivity index (χ1) is 8.08. The van der Waals surface area contributed by atoms with Crippen LogP contribution >= 0.6 is 0 Å². The van der Waals surface area contributed by atoms with Gasteiger partial charge in [0.2, 0.25) is 0 Å². The summed E-state index contributed by atoms with van der Waals surface area (Å²) in [6.07, 6.45) is 0.463. The van der Waals surface area contributed by atoms with E-state index in [0.717, 1.165) is 0 Å². The lowest BCUT2D eigenvalue weighted by molar-refractivity contribution is 0.0939. The van der Waals surface area contributed by atoms with Crippen molar-refractivity contribution < 1.29 is 10.0 Å². The topological polar surface area (TPSA) is 133 Å². The summed E-state index contributed by atoms with van der Waals surface area (Å²) < 4.78 is 0. The average Bonchev–Trinajstić information content (AvgIpc) is 2.35. The molecule has 0 aromatic carbocycles. The van der Waals surface area contributed by atoms with Crippen molar-refractivity contribution >= 4 is 11.7 Å². The van der Waals surface area contributed by atoms with Gasteiger partial charge in [0, 0.05) is 6.07 Å². The van der Waals surface area contributed by atoms with E-state index < -0.39 is 17.5 Å². The van der Waals surface area contributed by atoms with Crippen LogP contribution in [0.25, 0.3) is 0 Å². The Hall–Kier alpha value is -2.38. The van der Waals surface area contributed by atoms with E-state index in [1.54, 1.807) is 6.92 Å². The maximum absolute atomic E-state index is 11.7. The van der Waals surface area contributed by atoms with Gasteiger partial charge in [-0.1, -0.05) is 12.1 Å². The van der Waals surface area contributed by atoms with Crippen molar-refractivity contribution in [3.8, 4) is 0 Å². The number of aromatic nitrogens is 2. The molecule has 0 saturated heterocycles. The smallest absolute Gasteiger partial charge is 0.272 e. The van der Waals surface area contributed by atoms with Crippen LogP contribution in [0.4, 0.5) is 0 Å². The number of rotatable bonds is 4. The van der Waals surface area contributed by atoms with Crippen LogP contribution in [0.15, 0.2) is 22.1 Å². The summed E-state index contributed by atoms with van der Waals surface area (Å²) in [5.41, 5.74) is 5.04. The highest BCUT2D eigenvalue weighted by Gasteiger charge is 2.16. The summed E-state index contributed by atoms with van der Waals surface area (Å²) in [5, 5.41) is 19.5. The minimum Gasteiger partial charge on any atom is -0.409 e. The Morgan fingerprint density at radius 1 is 1.71 bits per heavy atom. The monoisotopic (exact) mass is 239 g/mol. The van der Waals surface area contributed by atoms with Gasteiger partial charge in [0.05, 0.1) is 6.04 Å². The number of amidine groups is 1. The van der Waals surface area contributed by atoms with Crippen LogP contribution in [0.1, 0.15) is 23.8 Å². The molecule has 0 spiro atoms. The van der Waals surface area contributed by atoms with E-state index in [-0.39, 0.29) is 11.5 Å². The SMILES string of the molecule is CCC(NC(=O)c1ccc(=O)[nH]n1)/C(N)=N/O. The molecule has 17 heavy (non-hydrogen) atoms. The highest BCUT2D eigenvalue weighted by atomic mass is 16.4. The summed E-state index contributed by atoms with van der Waals surface area (Å²) in [5.74, 6) is -0.607. The zero-order chi connectivity index (χ0) is 12.8. The molecule has 1 atom stereocenters. The fourth-order valence-corrected chi connectivity index (χ4v) is 1.16. The van der Waals surface area contributed by atoms with Crippen LogP contribution in [-0.4, -0.2) is 33.2 Å². The van der Waals surface area contributed by atoms with Gasteiger partial charge < -0.3 is 16.3 Å². The Bertz CT molecular complexity index is 461. The largest absolute Gasteiger partial charge is 0.409 e. The molecule has 0 aliphatic carbocycles. The summed E-state index contributed by atoms with van der Waals surface area (Å²) >= 11 is 0. The van der Waals surface area contributed by atoms with Crippen molar-refractivity contribution in [2.45, 2.75) is 19.4 Å². The van der Waals surface area contributed by atoms with E-state index in [9.17, 15) is 9.59 Å². The lowest BCUT2D eigenvalue weighted by atomic mass is 10.2. The Kier molecular flexibility index (Phi) is 4.21. The number of hydrogen-bond acceptors (Lipinski definition) is 5. The molecule has 0 bridgehead atoms. The molecule has 8 heteroatoms. The number of nitrogens with zero attached hydrogens (tertiary/aromatic N) is 2. The van der Waals surface area contributed by atoms with Crippen LogP contribution < -0.4 is 16.6 Å². The number of aromatic amines is 1. The van der Waals surface area contributed by atoms with Gasteiger partial charge in [0.25, 0.3) is 11.5 Å². The lowest BCUT2D eigenvalue weighted by Crippen LogP contribution is -2.44. The van der Waals surface area contributed by atoms with Gasteiger partial charge in [-0.2, -0.15) is 5.10 Å². The maximum Gasteiger partial charge on any atom is 0.272 e. The predicted octanol–water partition coefficient (Wildman–Crippen LogP) is -0.975. The second kappa shape index (κ2) is 5.64. The molecule has 0 saturated carbocycles. The molecule has 1 heterocycles. The van der Waals surface area contributed by atoms with Crippen LogP contribution in [-0.2, 0) is 0 Å². The molecule has 1 aromatic rings. The Morgan fingerprint density at radius 2 is 2.41 bits per heavy atom. The van der Waals surface area contributed by atoms with E-state index in [1.165, 1.54) is 12.1 Å². The standard InChI is InChI=1S/C9H13N5O3/c1-2-5(8(10)14-17)11-9(16)6-3-4-7(15)13-12-6/h3-5,17H,2H2,1H3,(H2,10,14)(H,11,16)(H,13,15). The molecular formula is C9H13N5O3. The van der Waals surface area contributed by atoms with Crippen LogP contribution in [0.2, 0.25) is 0 Å². The predicted molar refractivity (Wildman–Crippen MR) is 59.8 cm³/mol. The zero-order valence-electron chi connectivity index (χ0n) is 9.17. The molecular weight excluding hydrogens is 226 g/mol. The number of carbonyl (C=O) groups excluding carboxylic acids is 1. The fraction of sp³-hybridized carbons (Fsp3) is 0.333. The lowest BCUT2D eigenvalue weighted by Gasteiger charge is -2.14. The third-order valence-electron chi connectivity index (χ3n) is 2.10. The number of hydrogen-bond donors (Lipinski definition) is 4. The molecule has 5 N–H and O–H groups in total. The highest BCUT2D eigenvalue weighted by molar-refractivity contribution is 5.96. The Balaban J connectivity index is 2.78. The molecule has 1 unspecified atom stereocenters. The summed E-state index contributed by atoms with van der Waals surface area (Å²) in [4.78, 5) is 22.4. The second-order valence-electron chi connectivity index (χ2n) is 3.27. The first-order valence-electron chi connectivity index (χ1n) is 4.92. The molecule has 1 aromatic heterocycles. The van der Waals surface area contributed by atoms with Gasteiger partial charge >= 0.3 is 0 Å². The molecule has 1 rings (SSSR count). The fourth-order valence-electron chi connectivity index (χ4n) is 1.16. The first kappa shape index (κ1) is 12.7. The van der Waals surface area contributed by atoms with E-state index in [2.05, 4.69) is 20.7 Å². The Labute approximate surface area is 96.5 Å². The van der Waals surface area contributed by atoms with Gasteiger partial charge in [-0.05, 0) is 12.5 Å². The second-order valence-corrected chi connectivity index (χ2v) is 3.27.